The van der Waals surface area contributed by atoms with E-state index in [0.717, 1.165) is 31.0 Å². The summed E-state index contributed by atoms with van der Waals surface area (Å²) in [5.74, 6) is 2.11. The van der Waals surface area contributed by atoms with Crippen molar-refractivity contribution in [2.24, 2.45) is 0 Å². The van der Waals surface area contributed by atoms with Gasteiger partial charge in [-0.25, -0.2) is 8.42 Å². The fraction of sp³-hybridized carbons (Fsp3) is 0.846. The molecule has 0 saturated carbocycles. The second kappa shape index (κ2) is 6.22. The lowest BCUT2D eigenvalue weighted by molar-refractivity contribution is 0.460. The van der Waals surface area contributed by atoms with Crippen molar-refractivity contribution in [3.05, 3.63) is 11.6 Å². The molecular weight excluding hydrogens is 276 g/mol. The maximum Gasteiger partial charge on any atom is 0.149 e. The monoisotopic (exact) mass is 300 g/mol. The van der Waals surface area contributed by atoms with E-state index in [-0.39, 0.29) is 17.8 Å². The average Bonchev–Trinajstić information content (AvgIpc) is 2.56. The van der Waals surface area contributed by atoms with E-state index in [1.54, 1.807) is 0 Å². The summed E-state index contributed by atoms with van der Waals surface area (Å²) in [6.07, 6.45) is 5.81. The van der Waals surface area contributed by atoms with Gasteiger partial charge in [0.05, 0.1) is 11.8 Å². The van der Waals surface area contributed by atoms with E-state index in [4.69, 9.17) is 0 Å². The molecule has 1 aromatic heterocycles. The van der Waals surface area contributed by atoms with Gasteiger partial charge in [0.1, 0.15) is 21.5 Å². The van der Waals surface area contributed by atoms with Crippen molar-refractivity contribution < 1.29 is 8.42 Å². The fourth-order valence-electron chi connectivity index (χ4n) is 2.83. The zero-order valence-corrected chi connectivity index (χ0v) is 13.3. The van der Waals surface area contributed by atoms with Gasteiger partial charge in [-0.1, -0.05) is 6.42 Å². The third kappa shape index (κ3) is 4.02. The Kier molecular flexibility index (Phi) is 4.80. The Bertz CT molecular complexity index is 553. The number of hydrogen-bond donors (Lipinski definition) is 1. The fourth-order valence-corrected chi connectivity index (χ4v) is 3.84. The third-order valence-corrected chi connectivity index (χ3v) is 4.72. The summed E-state index contributed by atoms with van der Waals surface area (Å²) in [5, 5.41) is 11.9. The van der Waals surface area contributed by atoms with Crippen LogP contribution in [-0.2, 0) is 22.8 Å². The van der Waals surface area contributed by atoms with E-state index < -0.39 is 9.84 Å². The molecule has 114 valence electrons. The lowest BCUT2D eigenvalue weighted by atomic mass is 10.2. The number of aryl methyl sites for hydroxylation is 1. The number of hydrogen-bond acceptors (Lipinski definition) is 5. The van der Waals surface area contributed by atoms with Crippen LogP contribution in [0, 0.1) is 0 Å². The number of sulfone groups is 1. The summed E-state index contributed by atoms with van der Waals surface area (Å²) in [4.78, 5) is 0. The first-order chi connectivity index (χ1) is 9.37. The molecule has 1 N–H and O–H groups in total. The highest BCUT2D eigenvalue weighted by atomic mass is 32.2. The van der Waals surface area contributed by atoms with Crippen LogP contribution in [0.4, 0.5) is 0 Å². The molecule has 0 saturated heterocycles. The van der Waals surface area contributed by atoms with Crippen molar-refractivity contribution in [2.45, 2.75) is 58.2 Å². The molecule has 0 aromatic carbocycles. The van der Waals surface area contributed by atoms with Crippen LogP contribution >= 0.6 is 0 Å². The standard InChI is InChI=1S/C13H24N4O2S/c1-10(9-20(3,18)19)14-11(2)13-16-15-12-7-5-4-6-8-17(12)13/h10-11,14H,4-9H2,1-3H3. The molecule has 2 rings (SSSR count). The second-order valence-corrected chi connectivity index (χ2v) is 8.00. The Labute approximate surface area is 120 Å². The predicted molar refractivity (Wildman–Crippen MR) is 78.3 cm³/mol. The molecule has 0 aliphatic carbocycles. The summed E-state index contributed by atoms with van der Waals surface area (Å²) < 4.78 is 24.8. The molecule has 2 atom stereocenters. The van der Waals surface area contributed by atoms with E-state index in [2.05, 4.69) is 20.1 Å². The lowest BCUT2D eigenvalue weighted by Gasteiger charge is -2.19. The van der Waals surface area contributed by atoms with Gasteiger partial charge in [0, 0.05) is 25.3 Å². The van der Waals surface area contributed by atoms with Gasteiger partial charge >= 0.3 is 0 Å². The second-order valence-electron chi connectivity index (χ2n) is 5.82. The van der Waals surface area contributed by atoms with Crippen LogP contribution in [0.15, 0.2) is 0 Å². The van der Waals surface area contributed by atoms with Crippen LogP contribution in [-0.4, -0.2) is 41.2 Å². The molecule has 20 heavy (non-hydrogen) atoms. The first kappa shape index (κ1) is 15.4. The van der Waals surface area contributed by atoms with E-state index in [1.807, 2.05) is 13.8 Å². The molecule has 1 aliphatic heterocycles. The largest absolute Gasteiger partial charge is 0.314 e. The highest BCUT2D eigenvalue weighted by molar-refractivity contribution is 7.90. The van der Waals surface area contributed by atoms with Crippen LogP contribution in [0.25, 0.3) is 0 Å². The van der Waals surface area contributed by atoms with E-state index in [1.165, 1.54) is 19.1 Å². The van der Waals surface area contributed by atoms with Crippen molar-refractivity contribution in [1.29, 1.82) is 0 Å². The Morgan fingerprint density at radius 1 is 1.25 bits per heavy atom. The number of aromatic nitrogens is 3. The van der Waals surface area contributed by atoms with Crippen LogP contribution < -0.4 is 5.32 Å². The molecule has 0 amide bonds. The lowest BCUT2D eigenvalue weighted by Crippen LogP contribution is -2.35. The highest BCUT2D eigenvalue weighted by Crippen LogP contribution is 2.18. The SMILES string of the molecule is CC(CS(C)(=O)=O)NC(C)c1nnc2n1CCCCC2. The Hall–Kier alpha value is -0.950. The van der Waals surface area contributed by atoms with E-state index in [0.29, 0.717) is 0 Å². The van der Waals surface area contributed by atoms with Gasteiger partial charge in [0.25, 0.3) is 0 Å². The smallest absolute Gasteiger partial charge is 0.149 e. The zero-order chi connectivity index (χ0) is 14.8. The minimum atomic E-state index is -2.97. The molecule has 2 unspecified atom stereocenters. The Morgan fingerprint density at radius 2 is 2.00 bits per heavy atom. The molecule has 1 aromatic rings. The highest BCUT2D eigenvalue weighted by Gasteiger charge is 2.21. The molecular formula is C13H24N4O2S. The molecule has 0 radical (unpaired) electrons. The maximum atomic E-state index is 11.3. The quantitative estimate of drug-likeness (QED) is 0.881. The first-order valence-corrected chi connectivity index (χ1v) is 9.28. The number of fused-ring (bicyclic) bond motifs is 1. The van der Waals surface area contributed by atoms with Gasteiger partial charge in [-0.15, -0.1) is 10.2 Å². The van der Waals surface area contributed by atoms with Gasteiger partial charge in [-0.2, -0.15) is 0 Å². The summed E-state index contributed by atoms with van der Waals surface area (Å²) in [6.45, 7) is 4.86. The van der Waals surface area contributed by atoms with Crippen molar-refractivity contribution in [1.82, 2.24) is 20.1 Å². The summed E-state index contributed by atoms with van der Waals surface area (Å²) in [6, 6.07) is -0.0928. The van der Waals surface area contributed by atoms with Gasteiger partial charge in [-0.05, 0) is 26.7 Å². The van der Waals surface area contributed by atoms with E-state index in [9.17, 15) is 8.42 Å². The van der Waals surface area contributed by atoms with E-state index >= 15 is 0 Å². The average molecular weight is 300 g/mol. The van der Waals surface area contributed by atoms with Gasteiger partial charge in [0.15, 0.2) is 0 Å². The van der Waals surface area contributed by atoms with Crippen molar-refractivity contribution in [3.63, 3.8) is 0 Å². The van der Waals surface area contributed by atoms with Crippen molar-refractivity contribution >= 4 is 9.84 Å². The van der Waals surface area contributed by atoms with Crippen molar-refractivity contribution in [3.8, 4) is 0 Å². The molecule has 2 heterocycles. The minimum absolute atomic E-state index is 0.00565. The molecule has 0 spiro atoms. The Balaban J connectivity index is 2.06. The van der Waals surface area contributed by atoms with Crippen LogP contribution in [0.3, 0.4) is 0 Å². The first-order valence-electron chi connectivity index (χ1n) is 7.22. The van der Waals surface area contributed by atoms with Gasteiger partial charge < -0.3 is 9.88 Å². The molecule has 7 heteroatoms. The van der Waals surface area contributed by atoms with Gasteiger partial charge in [-0.3, -0.25) is 0 Å². The maximum absolute atomic E-state index is 11.3. The number of nitrogens with zero attached hydrogens (tertiary/aromatic N) is 3. The summed E-state index contributed by atoms with van der Waals surface area (Å²) in [5.41, 5.74) is 0. The number of rotatable bonds is 5. The minimum Gasteiger partial charge on any atom is -0.314 e. The Morgan fingerprint density at radius 3 is 2.70 bits per heavy atom. The predicted octanol–water partition coefficient (Wildman–Crippen LogP) is 1.09. The summed E-state index contributed by atoms with van der Waals surface area (Å²) >= 11 is 0. The number of nitrogens with one attached hydrogen (secondary N) is 1. The zero-order valence-electron chi connectivity index (χ0n) is 12.5. The van der Waals surface area contributed by atoms with Crippen LogP contribution in [0.1, 0.15) is 50.8 Å². The summed E-state index contributed by atoms with van der Waals surface area (Å²) in [7, 11) is -2.97. The molecule has 0 fully saturated rings. The topological polar surface area (TPSA) is 76.9 Å². The molecule has 6 nitrogen and oxygen atoms in total. The molecule has 0 bridgehead atoms. The molecule has 1 aliphatic rings. The van der Waals surface area contributed by atoms with Gasteiger partial charge in [0.2, 0.25) is 0 Å². The van der Waals surface area contributed by atoms with Crippen LogP contribution in [0.5, 0.6) is 0 Å². The van der Waals surface area contributed by atoms with Crippen molar-refractivity contribution in [2.75, 3.05) is 12.0 Å². The normalized spacial score (nSPS) is 19.1. The van der Waals surface area contributed by atoms with Crippen LogP contribution in [0.2, 0.25) is 0 Å². The third-order valence-electron chi connectivity index (χ3n) is 3.61.